The summed E-state index contributed by atoms with van der Waals surface area (Å²) in [5.41, 5.74) is 5.96. The summed E-state index contributed by atoms with van der Waals surface area (Å²) < 4.78 is 13.3. The number of hydrogen-bond acceptors (Lipinski definition) is 3. The van der Waals surface area contributed by atoms with Crippen molar-refractivity contribution in [2.45, 2.75) is 11.6 Å². The third-order valence-corrected chi connectivity index (χ3v) is 6.06. The average molecular weight is 555 g/mol. The second-order valence-electron chi connectivity index (χ2n) is 7.18. The quantitative estimate of drug-likeness (QED) is 0.199. The number of ether oxygens (including phenoxy) is 2. The Morgan fingerprint density at radius 1 is 0.688 bits per heavy atom. The highest BCUT2D eigenvalue weighted by atomic mass is 127. The Kier molecular flexibility index (Phi) is 8.59. The van der Waals surface area contributed by atoms with Crippen LogP contribution in [0, 0.1) is 0 Å². The van der Waals surface area contributed by atoms with E-state index < -0.39 is 0 Å². The Morgan fingerprint density at radius 2 is 1.31 bits per heavy atom. The molecule has 3 aromatic carbocycles. The topological polar surface area (TPSA) is 22.3 Å². The van der Waals surface area contributed by atoms with E-state index in [1.807, 2.05) is 6.07 Å². The van der Waals surface area contributed by atoms with E-state index in [1.54, 1.807) is 26.0 Å². The zero-order chi connectivity index (χ0) is 21.6. The lowest BCUT2D eigenvalue weighted by Crippen LogP contribution is -3.00. The van der Waals surface area contributed by atoms with E-state index in [4.69, 9.17) is 9.47 Å². The average Bonchev–Trinajstić information content (AvgIpc) is 2.85. The molecule has 0 unspecified atom stereocenters. The zero-order valence-corrected chi connectivity index (χ0v) is 21.4. The van der Waals surface area contributed by atoms with Crippen LogP contribution in [0.1, 0.15) is 5.56 Å². The minimum atomic E-state index is 0. The molecule has 0 spiro atoms. The lowest BCUT2D eigenvalue weighted by Gasteiger charge is -2.13. The van der Waals surface area contributed by atoms with Crippen molar-refractivity contribution < 1.29 is 38.0 Å². The summed E-state index contributed by atoms with van der Waals surface area (Å²) in [5.74, 6) is 1.48. The van der Waals surface area contributed by atoms with E-state index >= 15 is 0 Å². The van der Waals surface area contributed by atoms with E-state index in [2.05, 4.69) is 95.8 Å². The van der Waals surface area contributed by atoms with Gasteiger partial charge in [0, 0.05) is 23.3 Å². The zero-order valence-electron chi connectivity index (χ0n) is 18.4. The van der Waals surface area contributed by atoms with E-state index in [9.17, 15) is 0 Å². The van der Waals surface area contributed by atoms with Crippen molar-refractivity contribution in [3.05, 3.63) is 96.6 Å². The van der Waals surface area contributed by atoms with Crippen molar-refractivity contribution in [2.75, 3.05) is 20.5 Å². The molecule has 0 radical (unpaired) electrons. The number of nitrogens with zero attached hydrogens (tertiary/aromatic N) is 1. The predicted molar refractivity (Wildman–Crippen MR) is 128 cm³/mol. The molecule has 5 heteroatoms. The Bertz CT molecular complexity index is 1170. The highest BCUT2D eigenvalue weighted by Crippen LogP contribution is 2.30. The van der Waals surface area contributed by atoms with Gasteiger partial charge >= 0.3 is 0 Å². The number of aromatic nitrogens is 1. The summed E-state index contributed by atoms with van der Waals surface area (Å²) in [6.45, 7) is 0.732. The van der Waals surface area contributed by atoms with Gasteiger partial charge in [0.05, 0.1) is 14.2 Å². The molecule has 1 aromatic heterocycles. The normalized spacial score (nSPS) is 10.3. The third-order valence-electron chi connectivity index (χ3n) is 5.30. The van der Waals surface area contributed by atoms with E-state index in [1.165, 1.54) is 27.4 Å². The molecule has 0 N–H and O–H groups in total. The van der Waals surface area contributed by atoms with Crippen LogP contribution in [0.4, 0.5) is 0 Å². The van der Waals surface area contributed by atoms with E-state index in [-0.39, 0.29) is 24.0 Å². The van der Waals surface area contributed by atoms with Crippen molar-refractivity contribution in [1.29, 1.82) is 0 Å². The maximum Gasteiger partial charge on any atom is 0.241 e. The molecule has 32 heavy (non-hydrogen) atoms. The van der Waals surface area contributed by atoms with Gasteiger partial charge in [-0.15, -0.1) is 0 Å². The molecule has 0 aliphatic heterocycles. The van der Waals surface area contributed by atoms with Crippen molar-refractivity contribution >= 4 is 11.8 Å². The lowest BCUT2D eigenvalue weighted by atomic mass is 10.0. The molecule has 0 amide bonds. The minimum Gasteiger partial charge on any atom is -1.00 e. The summed E-state index contributed by atoms with van der Waals surface area (Å²) in [6, 6.07) is 31.8. The van der Waals surface area contributed by atoms with Crippen molar-refractivity contribution in [2.24, 2.45) is 0 Å². The van der Waals surface area contributed by atoms with Crippen LogP contribution in [-0.4, -0.2) is 20.5 Å². The Balaban J connectivity index is 0.00000289. The molecule has 0 bridgehead atoms. The predicted octanol–water partition coefficient (Wildman–Crippen LogP) is 3.10. The molecule has 0 saturated carbocycles. The van der Waals surface area contributed by atoms with Gasteiger partial charge < -0.3 is 33.5 Å². The molecule has 0 fully saturated rings. The van der Waals surface area contributed by atoms with Gasteiger partial charge in [0.2, 0.25) is 10.7 Å². The number of methoxy groups -OCH3 is 2. The fourth-order valence-electron chi connectivity index (χ4n) is 3.74. The fourth-order valence-corrected chi connectivity index (χ4v) is 4.36. The highest BCUT2D eigenvalue weighted by Gasteiger charge is 2.22. The van der Waals surface area contributed by atoms with Crippen LogP contribution in [0.5, 0.6) is 11.5 Å². The van der Waals surface area contributed by atoms with Gasteiger partial charge in [0.15, 0.2) is 18.0 Å². The number of pyridine rings is 1. The molecule has 4 aromatic rings. The Hall–Kier alpha value is -2.51. The largest absolute Gasteiger partial charge is 1.00 e. The van der Waals surface area contributed by atoms with Crippen LogP contribution < -0.4 is 38.0 Å². The minimum absolute atomic E-state index is 0. The maximum atomic E-state index is 5.52. The van der Waals surface area contributed by atoms with E-state index in [0.717, 1.165) is 23.6 Å². The summed E-state index contributed by atoms with van der Waals surface area (Å²) in [6.07, 6.45) is 2.13. The molecular formula is C27H26INO2S. The highest BCUT2D eigenvalue weighted by molar-refractivity contribution is 7.98. The molecule has 0 aliphatic rings. The first kappa shape index (κ1) is 24.1. The molecule has 0 saturated heterocycles. The lowest BCUT2D eigenvalue weighted by molar-refractivity contribution is -0.714. The molecule has 164 valence electrons. The second kappa shape index (κ2) is 11.4. The third kappa shape index (κ3) is 5.27. The van der Waals surface area contributed by atoms with Gasteiger partial charge in [-0.05, 0) is 47.7 Å². The standard InChI is InChI=1S/C27H26NO2S.HI/c1-29-25-15-14-20(16-26(25)30-2)19-28-24(22-12-8-5-9-13-22)17-23(18-27(28)31-3)21-10-6-4-7-11-21;/h4-18H,19H2,1-3H3;1H/q+1;/p-1. The fraction of sp³-hybridized carbons (Fsp3) is 0.148. The molecule has 4 rings (SSSR count). The second-order valence-corrected chi connectivity index (χ2v) is 8.01. The Labute approximate surface area is 211 Å². The molecular weight excluding hydrogens is 529 g/mol. The van der Waals surface area contributed by atoms with Crippen molar-refractivity contribution in [3.63, 3.8) is 0 Å². The number of hydrogen-bond donors (Lipinski definition) is 0. The van der Waals surface area contributed by atoms with Crippen LogP contribution in [-0.2, 0) is 6.54 Å². The van der Waals surface area contributed by atoms with Gasteiger partial charge in [-0.3, -0.25) is 0 Å². The van der Waals surface area contributed by atoms with Gasteiger partial charge in [-0.25, -0.2) is 0 Å². The SMILES string of the molecule is COc1ccc(C[n+]2c(SC)cc(-c3ccccc3)cc2-c2ccccc2)cc1OC.[I-]. The van der Waals surface area contributed by atoms with Crippen LogP contribution in [0.25, 0.3) is 22.4 Å². The number of thioether (sulfide) groups is 1. The van der Waals surface area contributed by atoms with Crippen LogP contribution >= 0.6 is 11.8 Å². The summed E-state index contributed by atoms with van der Waals surface area (Å²) >= 11 is 1.76. The number of benzene rings is 3. The van der Waals surface area contributed by atoms with Crippen molar-refractivity contribution in [1.82, 2.24) is 0 Å². The van der Waals surface area contributed by atoms with Gasteiger partial charge in [-0.1, -0.05) is 60.3 Å². The van der Waals surface area contributed by atoms with E-state index in [0.29, 0.717) is 0 Å². The summed E-state index contributed by atoms with van der Waals surface area (Å²) in [4.78, 5) is 0. The first-order chi connectivity index (χ1) is 15.2. The van der Waals surface area contributed by atoms with Crippen LogP contribution in [0.15, 0.2) is 96.0 Å². The van der Waals surface area contributed by atoms with Gasteiger partial charge in [0.1, 0.15) is 0 Å². The first-order valence-electron chi connectivity index (χ1n) is 10.2. The smallest absolute Gasteiger partial charge is 0.241 e. The van der Waals surface area contributed by atoms with Gasteiger partial charge in [-0.2, -0.15) is 4.57 Å². The maximum absolute atomic E-state index is 5.52. The number of rotatable bonds is 7. The number of halogens is 1. The van der Waals surface area contributed by atoms with Gasteiger partial charge in [0.25, 0.3) is 0 Å². The van der Waals surface area contributed by atoms with Crippen LogP contribution in [0.3, 0.4) is 0 Å². The molecule has 0 aliphatic carbocycles. The summed E-state index contributed by atoms with van der Waals surface area (Å²) in [7, 11) is 3.33. The first-order valence-corrected chi connectivity index (χ1v) is 11.4. The van der Waals surface area contributed by atoms with Crippen molar-refractivity contribution in [3.8, 4) is 33.9 Å². The summed E-state index contributed by atoms with van der Waals surface area (Å²) in [5, 5.41) is 1.20. The molecule has 0 atom stereocenters. The Morgan fingerprint density at radius 3 is 1.91 bits per heavy atom. The molecule has 1 heterocycles. The monoisotopic (exact) mass is 555 g/mol. The molecule has 3 nitrogen and oxygen atoms in total. The van der Waals surface area contributed by atoms with Crippen LogP contribution in [0.2, 0.25) is 0 Å².